The molecule has 1 aromatic heterocycles. The van der Waals surface area contributed by atoms with Crippen molar-refractivity contribution in [3.8, 4) is 5.75 Å². The molecule has 34 heavy (non-hydrogen) atoms. The lowest BCUT2D eigenvalue weighted by molar-refractivity contribution is 0.0595. The summed E-state index contributed by atoms with van der Waals surface area (Å²) in [5.41, 5.74) is 1.09. The molecule has 2 fully saturated rings. The Bertz CT molecular complexity index is 1200. The molecule has 9 nitrogen and oxygen atoms in total. The van der Waals surface area contributed by atoms with E-state index in [-0.39, 0.29) is 21.5 Å². The molecule has 11 heteroatoms. The van der Waals surface area contributed by atoms with E-state index in [2.05, 4.69) is 10.4 Å². The largest absolute Gasteiger partial charge is 0.493 e. The molecular weight excluding hydrogens is 480 g/mol. The Balaban J connectivity index is 1.23. The van der Waals surface area contributed by atoms with E-state index in [1.54, 1.807) is 24.4 Å². The zero-order valence-electron chi connectivity index (χ0n) is 18.9. The summed E-state index contributed by atoms with van der Waals surface area (Å²) in [6.45, 7) is 3.39. The van der Waals surface area contributed by atoms with Crippen LogP contribution in [0, 0.1) is 5.92 Å². The summed E-state index contributed by atoms with van der Waals surface area (Å²) >= 11 is 6.38. The highest BCUT2D eigenvalue weighted by Crippen LogP contribution is 2.31. The van der Waals surface area contributed by atoms with Crippen LogP contribution >= 0.6 is 11.6 Å². The Hall–Kier alpha value is -2.14. The summed E-state index contributed by atoms with van der Waals surface area (Å²) in [6, 6.07) is 4.83. The van der Waals surface area contributed by atoms with Crippen LogP contribution in [0.1, 0.15) is 37.3 Å². The van der Waals surface area contributed by atoms with Crippen LogP contribution in [0.2, 0.25) is 5.02 Å². The topological polar surface area (TPSA) is 103 Å². The second-order valence-electron chi connectivity index (χ2n) is 9.09. The van der Waals surface area contributed by atoms with Crippen molar-refractivity contribution in [2.75, 3.05) is 44.8 Å². The molecule has 0 radical (unpaired) electrons. The fourth-order valence-electron chi connectivity index (χ4n) is 4.85. The van der Waals surface area contributed by atoms with Gasteiger partial charge in [0.15, 0.2) is 0 Å². The number of hydrogen-bond acceptors (Lipinski definition) is 7. The van der Waals surface area contributed by atoms with Crippen molar-refractivity contribution in [3.05, 3.63) is 45.3 Å². The lowest BCUT2D eigenvalue weighted by Crippen LogP contribution is -2.41. The number of benzene rings is 1. The van der Waals surface area contributed by atoms with Crippen molar-refractivity contribution in [3.63, 3.8) is 0 Å². The lowest BCUT2D eigenvalue weighted by atomic mass is 10.0. The normalized spacial score (nSPS) is 21.7. The number of fused-ring (bicyclic) bond motifs is 1. The van der Waals surface area contributed by atoms with E-state index in [0.29, 0.717) is 57.3 Å². The number of ether oxygens (including phenoxy) is 2. The van der Waals surface area contributed by atoms with Crippen molar-refractivity contribution >= 4 is 27.3 Å². The number of nitrogens with one attached hydrogen (secondary N) is 1. The number of aromatic nitrogens is 2. The molecule has 0 aliphatic carbocycles. The fourth-order valence-corrected chi connectivity index (χ4v) is 6.57. The summed E-state index contributed by atoms with van der Waals surface area (Å²) in [5, 5.41) is 7.70. The minimum absolute atomic E-state index is 0.113. The quantitative estimate of drug-likeness (QED) is 0.640. The van der Waals surface area contributed by atoms with Crippen LogP contribution in [-0.2, 0) is 21.2 Å². The van der Waals surface area contributed by atoms with Gasteiger partial charge in [0.2, 0.25) is 10.0 Å². The summed E-state index contributed by atoms with van der Waals surface area (Å²) in [6.07, 6.45) is 5.40. The number of anilines is 1. The average molecular weight is 509 g/mol. The van der Waals surface area contributed by atoms with Gasteiger partial charge in [0.1, 0.15) is 10.8 Å². The molecule has 0 bridgehead atoms. The van der Waals surface area contributed by atoms with Gasteiger partial charge < -0.3 is 14.8 Å². The fraction of sp³-hybridized carbons (Fsp3) is 0.565. The molecule has 0 unspecified atom stereocenters. The van der Waals surface area contributed by atoms with Crippen LogP contribution in [0.5, 0.6) is 5.75 Å². The first kappa shape index (κ1) is 23.6. The van der Waals surface area contributed by atoms with E-state index in [1.807, 2.05) is 0 Å². The molecule has 2 aromatic rings. The smallest absolute Gasteiger partial charge is 0.287 e. The first-order chi connectivity index (χ1) is 16.4. The summed E-state index contributed by atoms with van der Waals surface area (Å²) in [4.78, 5) is 13.2. The van der Waals surface area contributed by atoms with E-state index >= 15 is 0 Å². The van der Waals surface area contributed by atoms with Crippen molar-refractivity contribution in [1.82, 2.24) is 14.1 Å². The van der Waals surface area contributed by atoms with Gasteiger partial charge in [0.25, 0.3) is 5.56 Å². The maximum atomic E-state index is 13.2. The Labute approximate surface area is 204 Å². The Morgan fingerprint density at radius 3 is 2.76 bits per heavy atom. The zero-order valence-corrected chi connectivity index (χ0v) is 20.5. The highest BCUT2D eigenvalue weighted by molar-refractivity contribution is 7.89. The van der Waals surface area contributed by atoms with Gasteiger partial charge in [-0.25, -0.2) is 13.1 Å². The minimum Gasteiger partial charge on any atom is -0.493 e. The van der Waals surface area contributed by atoms with Gasteiger partial charge in [-0.2, -0.15) is 9.40 Å². The molecular formula is C23H29ClN4O5S. The Morgan fingerprint density at radius 1 is 1.18 bits per heavy atom. The van der Waals surface area contributed by atoms with E-state index in [4.69, 9.17) is 21.1 Å². The lowest BCUT2D eigenvalue weighted by Gasteiger charge is -2.31. The van der Waals surface area contributed by atoms with Gasteiger partial charge in [0, 0.05) is 32.7 Å². The van der Waals surface area contributed by atoms with Crippen LogP contribution in [0.3, 0.4) is 0 Å². The molecule has 2 saturated heterocycles. The molecule has 3 aliphatic rings. The van der Waals surface area contributed by atoms with Gasteiger partial charge in [-0.1, -0.05) is 11.6 Å². The molecule has 0 spiro atoms. The van der Waals surface area contributed by atoms with Gasteiger partial charge in [0.05, 0.1) is 36.0 Å². The summed E-state index contributed by atoms with van der Waals surface area (Å²) < 4.78 is 40.2. The standard InChI is InChI=1S/C23H29ClN4O5S/c24-22-20(25-13-16-2-1-10-32-15-16)14-26-28(23(22)29)18-5-8-27(9-6-18)34(30,31)19-3-4-21-17(12-19)7-11-33-21/h3-4,12,14,16,18,25H,1-2,5-11,13,15H2/t16-/m1/s1. The highest BCUT2D eigenvalue weighted by atomic mass is 35.5. The van der Waals surface area contributed by atoms with E-state index in [0.717, 1.165) is 37.2 Å². The van der Waals surface area contributed by atoms with Crippen LogP contribution < -0.4 is 15.6 Å². The maximum absolute atomic E-state index is 13.2. The molecule has 4 heterocycles. The summed E-state index contributed by atoms with van der Waals surface area (Å²) in [5.74, 6) is 1.14. The Morgan fingerprint density at radius 2 is 2.00 bits per heavy atom. The predicted octanol–water partition coefficient (Wildman–Crippen LogP) is 2.70. The monoisotopic (exact) mass is 508 g/mol. The Kier molecular flexibility index (Phi) is 6.83. The third kappa shape index (κ3) is 4.68. The number of halogens is 1. The van der Waals surface area contributed by atoms with Gasteiger partial charge in [-0.15, -0.1) is 0 Å². The third-order valence-electron chi connectivity index (χ3n) is 6.85. The molecule has 5 rings (SSSR count). The molecule has 184 valence electrons. The number of piperidine rings is 1. The maximum Gasteiger partial charge on any atom is 0.287 e. The van der Waals surface area contributed by atoms with Gasteiger partial charge >= 0.3 is 0 Å². The molecule has 1 aromatic carbocycles. The molecule has 0 saturated carbocycles. The third-order valence-corrected chi connectivity index (χ3v) is 9.11. The van der Waals surface area contributed by atoms with Gasteiger partial charge in [-0.05, 0) is 55.4 Å². The molecule has 3 aliphatic heterocycles. The molecule has 1 atom stereocenters. The molecule has 1 N–H and O–H groups in total. The van der Waals surface area contributed by atoms with Crippen molar-refractivity contribution in [2.45, 2.75) is 43.0 Å². The van der Waals surface area contributed by atoms with Crippen molar-refractivity contribution < 1.29 is 17.9 Å². The first-order valence-electron chi connectivity index (χ1n) is 11.8. The van der Waals surface area contributed by atoms with Crippen molar-refractivity contribution in [1.29, 1.82) is 0 Å². The zero-order chi connectivity index (χ0) is 23.7. The number of sulfonamides is 1. The second kappa shape index (κ2) is 9.85. The number of nitrogens with zero attached hydrogens (tertiary/aromatic N) is 3. The first-order valence-corrected chi connectivity index (χ1v) is 13.6. The summed E-state index contributed by atoms with van der Waals surface area (Å²) in [7, 11) is -3.61. The minimum atomic E-state index is -3.61. The highest BCUT2D eigenvalue weighted by Gasteiger charge is 2.32. The second-order valence-corrected chi connectivity index (χ2v) is 11.4. The average Bonchev–Trinajstić information content (AvgIpc) is 3.34. The van der Waals surface area contributed by atoms with Crippen LogP contribution in [-0.4, -0.2) is 62.0 Å². The van der Waals surface area contributed by atoms with Crippen LogP contribution in [0.4, 0.5) is 5.69 Å². The van der Waals surface area contributed by atoms with Crippen LogP contribution in [0.15, 0.2) is 34.1 Å². The number of rotatable bonds is 6. The molecule has 0 amide bonds. The van der Waals surface area contributed by atoms with Crippen molar-refractivity contribution in [2.24, 2.45) is 5.92 Å². The van der Waals surface area contributed by atoms with E-state index in [9.17, 15) is 13.2 Å². The SMILES string of the molecule is O=c1c(Cl)c(NC[C@H]2CCCOC2)cnn1C1CCN(S(=O)(=O)c2ccc3c(c2)CCO3)CC1. The predicted molar refractivity (Wildman–Crippen MR) is 128 cm³/mol. The van der Waals surface area contributed by atoms with E-state index in [1.165, 1.54) is 8.99 Å². The van der Waals surface area contributed by atoms with Crippen LogP contribution in [0.25, 0.3) is 0 Å². The number of hydrogen-bond donors (Lipinski definition) is 1. The van der Waals surface area contributed by atoms with E-state index < -0.39 is 10.0 Å². The van der Waals surface area contributed by atoms with Gasteiger partial charge in [-0.3, -0.25) is 4.79 Å².